The Balaban J connectivity index is 1.38. The number of aromatic amines is 4. The van der Waals surface area contributed by atoms with Crippen LogP contribution in [0.4, 0.5) is 0 Å². The Morgan fingerprint density at radius 3 is 0.879 bits per heavy atom. The number of aryl methyl sites for hydroxylation is 6. The minimum Gasteiger partial charge on any atom is -0.352 e. The number of aromatic nitrogens is 6. The summed E-state index contributed by atoms with van der Waals surface area (Å²) in [4.78, 5) is 27.7. The molecule has 0 fully saturated rings. The molecule has 0 atom stereocenters. The molecule has 6 nitrogen and oxygen atoms in total. The molecule has 10 rings (SSSR count). The number of fused-ring (bicyclic) bond motifs is 9. The number of nitrogens with one attached hydrogen (secondary N) is 4. The van der Waals surface area contributed by atoms with Crippen LogP contribution in [0.25, 0.3) is 98.5 Å². The van der Waals surface area contributed by atoms with Crippen molar-refractivity contribution < 1.29 is 0 Å². The highest BCUT2D eigenvalue weighted by atomic mass is 14.9. The minimum absolute atomic E-state index is 1.05. The first-order valence-corrected chi connectivity index (χ1v) is 27.0. The van der Waals surface area contributed by atoms with Crippen LogP contribution in [0.1, 0.15) is 190 Å². The summed E-state index contributed by atoms with van der Waals surface area (Å²) in [5.41, 5.74) is 22.9. The molecule has 0 saturated heterocycles. The summed E-state index contributed by atoms with van der Waals surface area (Å²) in [5, 5.41) is 8.12. The van der Waals surface area contributed by atoms with Gasteiger partial charge in [0.25, 0.3) is 0 Å². The van der Waals surface area contributed by atoms with Gasteiger partial charge in [0.2, 0.25) is 0 Å². The van der Waals surface area contributed by atoms with Crippen LogP contribution in [0.3, 0.4) is 0 Å². The topological polar surface area (TPSA) is 88.9 Å². The number of unbranched alkanes of at least 4 members (excludes halogenated alkanes) is 12. The predicted octanol–water partition coefficient (Wildman–Crippen LogP) is 18.0. The third-order valence-corrected chi connectivity index (χ3v) is 15.6. The lowest BCUT2D eigenvalue weighted by Crippen LogP contribution is -1.98. The number of hydrogen-bond donors (Lipinski definition) is 4. The first kappa shape index (κ1) is 44.7. The Labute approximate surface area is 392 Å². The number of H-pyrrole nitrogens is 4. The van der Waals surface area contributed by atoms with Gasteiger partial charge in [-0.2, -0.15) is 0 Å². The summed E-state index contributed by atoms with van der Waals surface area (Å²) in [6.45, 7) is 14.0. The Morgan fingerprint density at radius 2 is 0.545 bits per heavy atom. The third-order valence-electron chi connectivity index (χ3n) is 15.6. The number of hydrogen-bond acceptors (Lipinski definition) is 2. The van der Waals surface area contributed by atoms with E-state index < -0.39 is 0 Å². The molecular formula is C60H76N6. The normalized spacial score (nSPS) is 12.6. The Morgan fingerprint density at radius 1 is 0.288 bits per heavy atom. The fourth-order valence-corrected chi connectivity index (χ4v) is 12.1. The van der Waals surface area contributed by atoms with E-state index in [2.05, 4.69) is 97.9 Å². The van der Waals surface area contributed by atoms with Gasteiger partial charge in [-0.05, 0) is 147 Å². The van der Waals surface area contributed by atoms with Crippen LogP contribution in [0.5, 0.6) is 0 Å². The average Bonchev–Trinajstić information content (AvgIpc) is 4.18. The van der Waals surface area contributed by atoms with Crippen LogP contribution in [0.2, 0.25) is 0 Å². The van der Waals surface area contributed by atoms with Gasteiger partial charge in [0, 0.05) is 32.3 Å². The molecule has 0 amide bonds. The van der Waals surface area contributed by atoms with E-state index >= 15 is 0 Å². The molecule has 7 aromatic heterocycles. The monoisotopic (exact) mass is 881 g/mol. The summed E-state index contributed by atoms with van der Waals surface area (Å²) < 4.78 is 0. The van der Waals surface area contributed by atoms with E-state index in [1.807, 2.05) is 0 Å². The van der Waals surface area contributed by atoms with E-state index in [1.54, 1.807) is 5.56 Å². The second-order valence-corrected chi connectivity index (χ2v) is 20.3. The molecule has 0 radical (unpaired) electrons. The van der Waals surface area contributed by atoms with E-state index in [0.29, 0.717) is 0 Å². The summed E-state index contributed by atoms with van der Waals surface area (Å²) >= 11 is 0. The van der Waals surface area contributed by atoms with E-state index in [-0.39, 0.29) is 0 Å². The van der Waals surface area contributed by atoms with E-state index in [4.69, 9.17) is 9.97 Å². The molecule has 0 aliphatic heterocycles. The Kier molecular flexibility index (Phi) is 13.3. The fourth-order valence-electron chi connectivity index (χ4n) is 12.1. The quantitative estimate of drug-likeness (QED) is 0.0456. The largest absolute Gasteiger partial charge is 0.352 e. The zero-order valence-corrected chi connectivity index (χ0v) is 41.3. The van der Waals surface area contributed by atoms with Crippen LogP contribution in [0, 0.1) is 0 Å². The second kappa shape index (κ2) is 19.6. The van der Waals surface area contributed by atoms with E-state index in [0.717, 1.165) is 82.7 Å². The molecule has 3 aromatic carbocycles. The lowest BCUT2D eigenvalue weighted by Gasteiger charge is -2.14. The smallest absolute Gasteiger partial charge is 0.0954 e. The summed E-state index contributed by atoms with van der Waals surface area (Å²) in [6, 6.07) is 14.8. The summed E-state index contributed by atoms with van der Waals surface area (Å²) in [7, 11) is 0. The van der Waals surface area contributed by atoms with Crippen LogP contribution < -0.4 is 0 Å². The van der Waals surface area contributed by atoms with Crippen molar-refractivity contribution in [3.63, 3.8) is 0 Å². The zero-order chi connectivity index (χ0) is 45.3. The Bertz CT molecular complexity index is 2730. The maximum atomic E-state index is 5.69. The molecule has 0 aliphatic carbocycles. The van der Waals surface area contributed by atoms with Crippen LogP contribution in [-0.4, -0.2) is 29.9 Å². The molecule has 6 heteroatoms. The molecule has 0 unspecified atom stereocenters. The van der Waals surface area contributed by atoms with E-state index in [1.165, 1.54) is 198 Å². The highest BCUT2D eigenvalue weighted by Crippen LogP contribution is 2.43. The van der Waals surface area contributed by atoms with Crippen molar-refractivity contribution in [2.24, 2.45) is 0 Å². The lowest BCUT2D eigenvalue weighted by molar-refractivity contribution is 0.698. The minimum atomic E-state index is 1.05. The van der Waals surface area contributed by atoms with Crippen molar-refractivity contribution in [2.75, 3.05) is 0 Å². The zero-order valence-electron chi connectivity index (χ0n) is 41.3. The molecule has 0 spiro atoms. The van der Waals surface area contributed by atoms with Crippen molar-refractivity contribution in [1.29, 1.82) is 0 Å². The highest BCUT2D eigenvalue weighted by Gasteiger charge is 2.24. The predicted molar refractivity (Wildman–Crippen MR) is 288 cm³/mol. The van der Waals surface area contributed by atoms with Gasteiger partial charge in [0.05, 0.1) is 66.2 Å². The Hall–Kier alpha value is -5.10. The standard InChI is InChI=1S/C60H76N6/c1-7-13-19-25-37-38(26-20-14-8-2)44-32-50-52-34-46-41(29-23-17-11-5)42(30-24-18-12-6)48-36-54(66-60(48)59(46)64-52)53-35-47-40(28-22-16-10-4)39(27-21-15-9-3)45-33-51(63-57(45)58(47)65-53)49-31-43(37)55(61-49)56(44)62-50/h31-36,61-63,66H,7-30H2,1-6H3. The van der Waals surface area contributed by atoms with Gasteiger partial charge in [0.15, 0.2) is 0 Å². The van der Waals surface area contributed by atoms with Gasteiger partial charge in [0.1, 0.15) is 0 Å². The van der Waals surface area contributed by atoms with Crippen molar-refractivity contribution in [3.8, 4) is 0 Å². The second-order valence-electron chi connectivity index (χ2n) is 20.3. The van der Waals surface area contributed by atoms with Crippen LogP contribution in [-0.2, 0) is 38.5 Å². The van der Waals surface area contributed by atoms with E-state index in [9.17, 15) is 0 Å². The van der Waals surface area contributed by atoms with Crippen molar-refractivity contribution in [3.05, 3.63) is 69.8 Å². The summed E-state index contributed by atoms with van der Waals surface area (Å²) in [5.74, 6) is 0. The molecule has 346 valence electrons. The highest BCUT2D eigenvalue weighted by molar-refractivity contribution is 6.18. The molecule has 0 aliphatic rings. The van der Waals surface area contributed by atoms with Crippen molar-refractivity contribution in [2.45, 2.75) is 196 Å². The van der Waals surface area contributed by atoms with Crippen molar-refractivity contribution in [1.82, 2.24) is 29.9 Å². The number of rotatable bonds is 24. The number of nitrogens with zero attached hydrogens (tertiary/aromatic N) is 2. The van der Waals surface area contributed by atoms with Gasteiger partial charge in [-0.1, -0.05) is 119 Å². The maximum absolute atomic E-state index is 5.69. The fraction of sp³-hybridized carbons (Fsp3) is 0.500. The maximum Gasteiger partial charge on any atom is 0.0954 e. The number of benzene rings is 3. The molecule has 4 N–H and O–H groups in total. The third kappa shape index (κ3) is 8.02. The van der Waals surface area contributed by atoms with Gasteiger partial charge >= 0.3 is 0 Å². The van der Waals surface area contributed by atoms with Gasteiger partial charge in [-0.3, -0.25) is 0 Å². The molecule has 10 aromatic rings. The molecule has 7 heterocycles. The molecule has 66 heavy (non-hydrogen) atoms. The summed E-state index contributed by atoms with van der Waals surface area (Å²) in [6.07, 6.45) is 28.5. The first-order valence-electron chi connectivity index (χ1n) is 27.0. The van der Waals surface area contributed by atoms with Crippen LogP contribution >= 0.6 is 0 Å². The molecule has 12 bridgehead atoms. The van der Waals surface area contributed by atoms with Crippen molar-refractivity contribution >= 4 is 98.5 Å². The van der Waals surface area contributed by atoms with Crippen LogP contribution in [0.15, 0.2) is 36.4 Å². The SMILES string of the molecule is CCCCCc1c(CCCCC)c2cc3[nH]c2c2nc(cc12)c1cc2c(CCCCC)c(CCCCC)c4cc([nH]c4c2[nH]1)c1cc2c(CCCCC)c(CCCCC)c4cc3nc4c2[nH]1. The average molecular weight is 881 g/mol. The van der Waals surface area contributed by atoms with Gasteiger partial charge in [-0.25, -0.2) is 9.97 Å². The van der Waals surface area contributed by atoms with Gasteiger partial charge in [-0.15, -0.1) is 0 Å². The molecule has 0 saturated carbocycles. The lowest BCUT2D eigenvalue weighted by atomic mass is 9.91. The molecular weight excluding hydrogens is 805 g/mol. The van der Waals surface area contributed by atoms with Gasteiger partial charge < -0.3 is 19.9 Å². The first-order chi connectivity index (χ1) is 32.5.